The Morgan fingerprint density at radius 2 is 1.83 bits per heavy atom. The normalized spacial score (nSPS) is 39.7. The largest absolute Gasteiger partial charge is 0.480 e. The maximum atomic E-state index is 11.1. The lowest BCUT2D eigenvalue weighted by Crippen LogP contribution is -2.61. The van der Waals surface area contributed by atoms with Crippen molar-refractivity contribution in [2.75, 3.05) is 26.2 Å². The van der Waals surface area contributed by atoms with Crippen LogP contribution in [0, 0.1) is 22.7 Å². The number of hydrogen-bond acceptors (Lipinski definition) is 5. The molecule has 2 aliphatic carbocycles. The number of rotatable bonds is 7. The minimum absolute atomic E-state index is 0.0337. The molecule has 7 heteroatoms. The summed E-state index contributed by atoms with van der Waals surface area (Å²) in [6.45, 7) is 11.6. The molecule has 3 rings (SSSR count). The van der Waals surface area contributed by atoms with Gasteiger partial charge in [-0.2, -0.15) is 0 Å². The van der Waals surface area contributed by atoms with Crippen LogP contribution in [0.5, 0.6) is 0 Å². The quantitative estimate of drug-likeness (QED) is 0.624. The second-order valence-corrected chi connectivity index (χ2v) is 9.64. The summed E-state index contributed by atoms with van der Waals surface area (Å²) < 4.78 is 12.1. The molecule has 3 aliphatic rings. The molecule has 2 N–H and O–H groups in total. The minimum Gasteiger partial charge on any atom is -0.480 e. The highest BCUT2D eigenvalue weighted by molar-refractivity contribution is 5.72. The Kier molecular flexibility index (Phi) is 6.41. The number of carbonyl (C=O) groups is 2. The molecule has 0 spiro atoms. The van der Waals surface area contributed by atoms with E-state index >= 15 is 0 Å². The van der Waals surface area contributed by atoms with Crippen molar-refractivity contribution in [2.45, 2.75) is 65.3 Å². The fourth-order valence-electron chi connectivity index (χ4n) is 6.40. The fourth-order valence-corrected chi connectivity index (χ4v) is 6.40. The number of nitrogens with zero attached hydrogens (tertiary/aromatic N) is 1. The monoisotopic (exact) mass is 409 g/mol. The van der Waals surface area contributed by atoms with Gasteiger partial charge in [-0.25, -0.2) is 0 Å². The van der Waals surface area contributed by atoms with Gasteiger partial charge in [0, 0.05) is 5.41 Å². The molecule has 1 unspecified atom stereocenters. The Labute approximate surface area is 173 Å². The van der Waals surface area contributed by atoms with Gasteiger partial charge in [-0.05, 0) is 62.8 Å². The Morgan fingerprint density at radius 1 is 1.17 bits per heavy atom. The SMILES string of the molecule is C=C1CCC2[C@]3(C)CO[C@@H](C)O[C@@H]3CC[C@@]2(C)[C@@H]1CCN(CC(=O)O)CC(=O)O. The summed E-state index contributed by atoms with van der Waals surface area (Å²) in [7, 11) is 0. The van der Waals surface area contributed by atoms with Crippen molar-refractivity contribution in [1.29, 1.82) is 0 Å². The summed E-state index contributed by atoms with van der Waals surface area (Å²) in [4.78, 5) is 23.8. The van der Waals surface area contributed by atoms with E-state index in [0.717, 1.165) is 32.1 Å². The van der Waals surface area contributed by atoms with Crippen molar-refractivity contribution in [2.24, 2.45) is 22.7 Å². The molecule has 2 saturated carbocycles. The molecular weight excluding hydrogens is 374 g/mol. The van der Waals surface area contributed by atoms with E-state index in [1.54, 1.807) is 0 Å². The van der Waals surface area contributed by atoms with Crippen molar-refractivity contribution in [1.82, 2.24) is 4.90 Å². The molecule has 3 fully saturated rings. The van der Waals surface area contributed by atoms with E-state index in [4.69, 9.17) is 19.7 Å². The summed E-state index contributed by atoms with van der Waals surface area (Å²) in [6, 6.07) is 0. The molecule has 29 heavy (non-hydrogen) atoms. The van der Waals surface area contributed by atoms with E-state index < -0.39 is 11.9 Å². The van der Waals surface area contributed by atoms with Gasteiger partial charge < -0.3 is 19.7 Å². The zero-order chi connectivity index (χ0) is 21.4. The number of allylic oxidation sites excluding steroid dienone is 1. The van der Waals surface area contributed by atoms with Crippen LogP contribution in [0.4, 0.5) is 0 Å². The van der Waals surface area contributed by atoms with Gasteiger partial charge in [-0.3, -0.25) is 14.5 Å². The molecule has 0 bridgehead atoms. The number of fused-ring (bicyclic) bond motifs is 3. The van der Waals surface area contributed by atoms with Crippen LogP contribution in [0.15, 0.2) is 12.2 Å². The topological polar surface area (TPSA) is 96.3 Å². The third-order valence-corrected chi connectivity index (χ3v) is 7.75. The highest BCUT2D eigenvalue weighted by Gasteiger charge is 2.59. The first-order valence-electron chi connectivity index (χ1n) is 10.7. The van der Waals surface area contributed by atoms with Gasteiger partial charge in [0.25, 0.3) is 0 Å². The van der Waals surface area contributed by atoms with E-state index in [1.807, 2.05) is 6.92 Å². The standard InChI is InChI=1S/C22H35NO6/c1-14-5-6-17-21(3,9-7-18-22(17,4)13-28-15(2)29-18)16(14)8-10-23(11-19(24)25)12-20(26)27/h15-18H,1,5-13H2,2-4H3,(H,24,25)(H,26,27)/t15-,16-,17?,18-,21+,22+/m1/s1. The van der Waals surface area contributed by atoms with Gasteiger partial charge in [0.1, 0.15) is 0 Å². The molecule has 6 atom stereocenters. The average molecular weight is 410 g/mol. The molecule has 0 aromatic carbocycles. The third kappa shape index (κ3) is 4.37. The fraction of sp³-hybridized carbons (Fsp3) is 0.818. The number of carboxylic acids is 2. The Balaban J connectivity index is 1.77. The minimum atomic E-state index is -1.00. The maximum absolute atomic E-state index is 11.1. The van der Waals surface area contributed by atoms with Crippen LogP contribution in [0.1, 0.15) is 52.9 Å². The van der Waals surface area contributed by atoms with Crippen molar-refractivity contribution < 1.29 is 29.3 Å². The first-order chi connectivity index (χ1) is 13.6. The summed E-state index contributed by atoms with van der Waals surface area (Å²) in [5, 5.41) is 18.3. The van der Waals surface area contributed by atoms with E-state index in [2.05, 4.69) is 20.4 Å². The lowest BCUT2D eigenvalue weighted by Gasteiger charge is -2.62. The number of ether oxygens (including phenoxy) is 2. The first-order valence-corrected chi connectivity index (χ1v) is 10.7. The number of aliphatic carboxylic acids is 2. The molecule has 164 valence electrons. The van der Waals surface area contributed by atoms with Crippen LogP contribution in [0.3, 0.4) is 0 Å². The van der Waals surface area contributed by atoms with E-state index in [0.29, 0.717) is 19.1 Å². The van der Waals surface area contributed by atoms with Crippen molar-refractivity contribution in [3.8, 4) is 0 Å². The highest BCUT2D eigenvalue weighted by atomic mass is 16.7. The van der Waals surface area contributed by atoms with Crippen LogP contribution in [-0.2, 0) is 19.1 Å². The van der Waals surface area contributed by atoms with Gasteiger partial charge in [0.05, 0.1) is 25.8 Å². The van der Waals surface area contributed by atoms with Crippen LogP contribution in [0.25, 0.3) is 0 Å². The molecule has 1 heterocycles. The molecular formula is C22H35NO6. The summed E-state index contributed by atoms with van der Waals surface area (Å²) in [5.74, 6) is -1.33. The molecule has 1 saturated heterocycles. The van der Waals surface area contributed by atoms with Crippen molar-refractivity contribution in [3.05, 3.63) is 12.2 Å². The zero-order valence-corrected chi connectivity index (χ0v) is 17.9. The van der Waals surface area contributed by atoms with Crippen molar-refractivity contribution in [3.63, 3.8) is 0 Å². The van der Waals surface area contributed by atoms with Gasteiger partial charge in [-0.15, -0.1) is 0 Å². The Morgan fingerprint density at radius 3 is 2.45 bits per heavy atom. The van der Waals surface area contributed by atoms with E-state index in [1.165, 1.54) is 10.5 Å². The predicted molar refractivity (Wildman–Crippen MR) is 107 cm³/mol. The summed E-state index contributed by atoms with van der Waals surface area (Å²) >= 11 is 0. The van der Waals surface area contributed by atoms with Gasteiger partial charge >= 0.3 is 11.9 Å². The predicted octanol–water partition coefficient (Wildman–Crippen LogP) is 3.00. The Bertz CT molecular complexity index is 650. The lowest BCUT2D eigenvalue weighted by atomic mass is 9.46. The van der Waals surface area contributed by atoms with Gasteiger partial charge in [-0.1, -0.05) is 26.0 Å². The first kappa shape index (κ1) is 22.2. The average Bonchev–Trinajstić information content (AvgIpc) is 2.60. The highest BCUT2D eigenvalue weighted by Crippen LogP contribution is 2.63. The molecule has 1 aliphatic heterocycles. The van der Waals surface area contributed by atoms with Gasteiger partial charge in [0.15, 0.2) is 6.29 Å². The van der Waals surface area contributed by atoms with Crippen LogP contribution < -0.4 is 0 Å². The van der Waals surface area contributed by atoms with Crippen LogP contribution in [-0.4, -0.2) is 65.7 Å². The molecule has 0 aromatic rings. The van der Waals surface area contributed by atoms with Crippen LogP contribution >= 0.6 is 0 Å². The summed E-state index contributed by atoms with van der Waals surface area (Å²) in [5.41, 5.74) is 1.20. The molecule has 0 aromatic heterocycles. The maximum Gasteiger partial charge on any atom is 0.317 e. The molecule has 0 radical (unpaired) electrons. The number of carboxylic acid groups (broad SMARTS) is 2. The third-order valence-electron chi connectivity index (χ3n) is 7.75. The molecule has 7 nitrogen and oxygen atoms in total. The summed E-state index contributed by atoms with van der Waals surface area (Å²) in [6.07, 6.45) is 4.79. The second-order valence-electron chi connectivity index (χ2n) is 9.64. The Hall–Kier alpha value is -1.44. The lowest BCUT2D eigenvalue weighted by molar-refractivity contribution is -0.297. The van der Waals surface area contributed by atoms with Crippen molar-refractivity contribution >= 4 is 11.9 Å². The van der Waals surface area contributed by atoms with Crippen LogP contribution in [0.2, 0.25) is 0 Å². The van der Waals surface area contributed by atoms with Gasteiger partial charge in [0.2, 0.25) is 0 Å². The number of hydrogen-bond donors (Lipinski definition) is 2. The molecule has 0 amide bonds. The zero-order valence-electron chi connectivity index (χ0n) is 17.9. The second kappa shape index (κ2) is 8.36. The smallest absolute Gasteiger partial charge is 0.317 e. The van der Waals surface area contributed by atoms with E-state index in [-0.39, 0.29) is 42.2 Å². The van der Waals surface area contributed by atoms with E-state index in [9.17, 15) is 9.59 Å².